The lowest BCUT2D eigenvalue weighted by molar-refractivity contribution is 0.256. The summed E-state index contributed by atoms with van der Waals surface area (Å²) in [5.74, 6) is -1.70. The van der Waals surface area contributed by atoms with Crippen molar-refractivity contribution in [2.75, 3.05) is 12.4 Å². The molecule has 1 aromatic carbocycles. The van der Waals surface area contributed by atoms with E-state index in [2.05, 4.69) is 24.1 Å². The summed E-state index contributed by atoms with van der Waals surface area (Å²) in [5, 5.41) is 6.39. The van der Waals surface area contributed by atoms with E-state index < -0.39 is 11.6 Å². The molecule has 20 heavy (non-hydrogen) atoms. The first-order valence-corrected chi connectivity index (χ1v) is 6.73. The fourth-order valence-electron chi connectivity index (χ4n) is 1.87. The lowest BCUT2D eigenvalue weighted by Gasteiger charge is -2.32. The molecule has 0 fully saturated rings. The summed E-state index contributed by atoms with van der Waals surface area (Å²) in [6.45, 7) is 9.97. The maximum absolute atomic E-state index is 13.1. The van der Waals surface area contributed by atoms with E-state index in [1.807, 2.05) is 25.8 Å². The second-order valence-electron chi connectivity index (χ2n) is 4.87. The second kappa shape index (κ2) is 7.24. The number of nitrogens with zero attached hydrogens (tertiary/aromatic N) is 1. The zero-order valence-electron chi connectivity index (χ0n) is 12.5. The van der Waals surface area contributed by atoms with Gasteiger partial charge in [0.25, 0.3) is 0 Å². The summed E-state index contributed by atoms with van der Waals surface area (Å²) in [6, 6.07) is 3.77. The molecule has 0 spiro atoms. The number of allylic oxidation sites excluding steroid dienone is 1. The lowest BCUT2D eigenvalue weighted by atomic mass is 10.3. The van der Waals surface area contributed by atoms with Crippen molar-refractivity contribution in [3.05, 3.63) is 42.1 Å². The van der Waals surface area contributed by atoms with Gasteiger partial charge >= 0.3 is 0 Å². The van der Waals surface area contributed by atoms with E-state index in [0.717, 1.165) is 24.3 Å². The number of hydrogen-bond acceptors (Lipinski definition) is 3. The lowest BCUT2D eigenvalue weighted by Crippen LogP contribution is -2.47. The van der Waals surface area contributed by atoms with Gasteiger partial charge < -0.3 is 10.2 Å². The van der Waals surface area contributed by atoms with Crippen molar-refractivity contribution >= 4 is 5.69 Å². The Morgan fingerprint density at radius 3 is 2.50 bits per heavy atom. The Morgan fingerprint density at radius 1 is 1.30 bits per heavy atom. The van der Waals surface area contributed by atoms with E-state index in [1.54, 1.807) is 0 Å². The van der Waals surface area contributed by atoms with E-state index in [-0.39, 0.29) is 12.3 Å². The number of anilines is 1. The smallest absolute Gasteiger partial charge is 0.160 e. The molecule has 5 heteroatoms. The molecule has 0 aliphatic heterocycles. The Labute approximate surface area is 119 Å². The van der Waals surface area contributed by atoms with Gasteiger partial charge in [0.05, 0.1) is 12.3 Å². The molecule has 0 radical (unpaired) electrons. The van der Waals surface area contributed by atoms with Crippen LogP contribution in [-0.2, 0) is 0 Å². The van der Waals surface area contributed by atoms with Gasteiger partial charge in [-0.25, -0.2) is 8.78 Å². The average Bonchev–Trinajstić information content (AvgIpc) is 2.40. The molecule has 1 rings (SSSR count). The van der Waals surface area contributed by atoms with Crippen LogP contribution in [0.15, 0.2) is 30.5 Å². The van der Waals surface area contributed by atoms with Crippen LogP contribution in [0.5, 0.6) is 0 Å². The number of hydrogen-bond donors (Lipinski definition) is 2. The van der Waals surface area contributed by atoms with Gasteiger partial charge in [-0.05, 0) is 32.4 Å². The van der Waals surface area contributed by atoms with Crippen LogP contribution >= 0.6 is 0 Å². The van der Waals surface area contributed by atoms with Crippen LogP contribution in [0.25, 0.3) is 0 Å². The van der Waals surface area contributed by atoms with Crippen molar-refractivity contribution in [3.63, 3.8) is 0 Å². The molecular formula is C15H23F2N3. The predicted octanol–water partition coefficient (Wildman–Crippen LogP) is 3.51. The zero-order chi connectivity index (χ0) is 15.3. The van der Waals surface area contributed by atoms with Gasteiger partial charge in [0.15, 0.2) is 11.6 Å². The van der Waals surface area contributed by atoms with Crippen molar-refractivity contribution < 1.29 is 8.78 Å². The molecule has 0 saturated carbocycles. The molecule has 0 aromatic heterocycles. The highest BCUT2D eigenvalue weighted by atomic mass is 19.2. The largest absolute Gasteiger partial charge is 0.370 e. The minimum Gasteiger partial charge on any atom is -0.370 e. The van der Waals surface area contributed by atoms with Crippen molar-refractivity contribution in [3.8, 4) is 0 Å². The third-order valence-electron chi connectivity index (χ3n) is 3.28. The Kier molecular flexibility index (Phi) is 5.95. The first kappa shape index (κ1) is 16.4. The first-order valence-electron chi connectivity index (χ1n) is 6.73. The topological polar surface area (TPSA) is 27.3 Å². The predicted molar refractivity (Wildman–Crippen MR) is 79.2 cm³/mol. The molecule has 0 saturated heterocycles. The number of nitrogens with one attached hydrogen (secondary N) is 2. The summed E-state index contributed by atoms with van der Waals surface area (Å²) in [6.07, 6.45) is 0.866. The van der Waals surface area contributed by atoms with Crippen LogP contribution in [0.1, 0.15) is 27.2 Å². The minimum atomic E-state index is -0.855. The zero-order valence-corrected chi connectivity index (χ0v) is 12.5. The van der Waals surface area contributed by atoms with Crippen molar-refractivity contribution in [2.24, 2.45) is 0 Å². The fraction of sp³-hybridized carbons (Fsp3) is 0.467. The third kappa shape index (κ3) is 4.49. The van der Waals surface area contributed by atoms with Crippen LogP contribution in [0.2, 0.25) is 0 Å². The van der Waals surface area contributed by atoms with Gasteiger partial charge in [-0.1, -0.05) is 13.5 Å². The molecule has 0 amide bonds. The van der Waals surface area contributed by atoms with E-state index in [4.69, 9.17) is 0 Å². The van der Waals surface area contributed by atoms with Crippen LogP contribution in [-0.4, -0.2) is 24.3 Å². The summed E-state index contributed by atoms with van der Waals surface area (Å²) in [7, 11) is 1.97. The molecule has 0 aliphatic rings. The highest BCUT2D eigenvalue weighted by molar-refractivity contribution is 5.44. The standard InChI is InChI=1S/C15H23F2N3/c1-6-10(2)20(5)12(4)18-11(3)19-13-7-8-14(16)15(17)9-13/h7-9,11-12,18-19H,2,6H2,1,3-5H3. The molecule has 2 N–H and O–H groups in total. The number of benzene rings is 1. The highest BCUT2D eigenvalue weighted by Crippen LogP contribution is 2.14. The minimum absolute atomic E-state index is 0.0789. The highest BCUT2D eigenvalue weighted by Gasteiger charge is 2.13. The quantitative estimate of drug-likeness (QED) is 0.750. The third-order valence-corrected chi connectivity index (χ3v) is 3.28. The van der Waals surface area contributed by atoms with Gasteiger partial charge in [0.1, 0.15) is 0 Å². The molecule has 3 nitrogen and oxygen atoms in total. The number of rotatable bonds is 7. The summed E-state index contributed by atoms with van der Waals surface area (Å²) >= 11 is 0. The van der Waals surface area contributed by atoms with E-state index in [0.29, 0.717) is 5.69 Å². The van der Waals surface area contributed by atoms with Gasteiger partial charge in [-0.3, -0.25) is 5.32 Å². The summed E-state index contributed by atoms with van der Waals surface area (Å²) in [4.78, 5) is 2.05. The molecule has 112 valence electrons. The van der Waals surface area contributed by atoms with Crippen LogP contribution in [0.3, 0.4) is 0 Å². The van der Waals surface area contributed by atoms with Gasteiger partial charge in [-0.2, -0.15) is 0 Å². The Balaban J connectivity index is 2.56. The average molecular weight is 283 g/mol. The fourth-order valence-corrected chi connectivity index (χ4v) is 1.87. The van der Waals surface area contributed by atoms with Crippen molar-refractivity contribution in [1.29, 1.82) is 0 Å². The monoisotopic (exact) mass is 283 g/mol. The van der Waals surface area contributed by atoms with Gasteiger partial charge in [0.2, 0.25) is 0 Å². The molecular weight excluding hydrogens is 260 g/mol. The van der Waals surface area contributed by atoms with Crippen LogP contribution in [0.4, 0.5) is 14.5 Å². The molecule has 0 heterocycles. The maximum atomic E-state index is 13.1. The SMILES string of the molecule is C=C(CC)N(C)C(C)NC(C)Nc1ccc(F)c(F)c1. The second-order valence-corrected chi connectivity index (χ2v) is 4.87. The molecule has 0 aliphatic carbocycles. The first-order chi connectivity index (χ1) is 9.35. The Morgan fingerprint density at radius 2 is 1.95 bits per heavy atom. The summed E-state index contributed by atoms with van der Waals surface area (Å²) < 4.78 is 26.0. The molecule has 0 bridgehead atoms. The van der Waals surface area contributed by atoms with E-state index in [1.165, 1.54) is 6.07 Å². The van der Waals surface area contributed by atoms with Gasteiger partial charge in [0, 0.05) is 24.5 Å². The summed E-state index contributed by atoms with van der Waals surface area (Å²) in [5.41, 5.74) is 1.57. The van der Waals surface area contributed by atoms with Gasteiger partial charge in [-0.15, -0.1) is 0 Å². The number of halogens is 2. The van der Waals surface area contributed by atoms with Crippen LogP contribution < -0.4 is 10.6 Å². The molecule has 1 aromatic rings. The van der Waals surface area contributed by atoms with Crippen LogP contribution in [0, 0.1) is 11.6 Å². The van der Waals surface area contributed by atoms with Crippen molar-refractivity contribution in [1.82, 2.24) is 10.2 Å². The van der Waals surface area contributed by atoms with E-state index in [9.17, 15) is 8.78 Å². The Bertz CT molecular complexity index is 462. The normalized spacial score (nSPS) is 13.7. The maximum Gasteiger partial charge on any atom is 0.160 e. The van der Waals surface area contributed by atoms with Crippen molar-refractivity contribution in [2.45, 2.75) is 39.5 Å². The van der Waals surface area contributed by atoms with E-state index >= 15 is 0 Å². The molecule has 2 atom stereocenters. The molecule has 2 unspecified atom stereocenters. The Hall–Kier alpha value is -1.62.